The Balaban J connectivity index is 0.000000516. The molecular weight excluding hydrogens is 348 g/mol. The molecule has 4 aromatic rings. The molecule has 0 spiro atoms. The maximum atomic E-state index is 9.54. The van der Waals surface area contributed by atoms with E-state index >= 15 is 0 Å². The van der Waals surface area contributed by atoms with Crippen LogP contribution in [-0.4, -0.2) is 21.0 Å². The van der Waals surface area contributed by atoms with Gasteiger partial charge in [-0.2, -0.15) is 5.10 Å². The summed E-state index contributed by atoms with van der Waals surface area (Å²) < 4.78 is 1.91. The second kappa shape index (κ2) is 9.02. The van der Waals surface area contributed by atoms with Crippen LogP contribution < -0.4 is 5.11 Å². The fourth-order valence-corrected chi connectivity index (χ4v) is 2.74. The zero-order valence-corrected chi connectivity index (χ0v) is 16.0. The van der Waals surface area contributed by atoms with Crippen molar-refractivity contribution in [2.24, 2.45) is 0 Å². The van der Waals surface area contributed by atoms with E-state index in [4.69, 9.17) is 5.10 Å². The molecule has 28 heavy (non-hydrogen) atoms. The molecule has 0 aliphatic carbocycles. The van der Waals surface area contributed by atoms with Crippen LogP contribution in [0.3, 0.4) is 0 Å². The standard InChI is InChI=1S/C21H16N2O.C3H7O/c24-19-13-11-18(12-14-19)23-21(17-9-5-2-6-10-17)15-20(22-23)16-7-3-1-4-8-16;1-3(2)4/h1-15,24H;3H,1-2H3/q;-1. The van der Waals surface area contributed by atoms with Crippen LogP contribution in [0.4, 0.5) is 0 Å². The smallest absolute Gasteiger partial charge is 0.115 e. The van der Waals surface area contributed by atoms with Gasteiger partial charge in [0.2, 0.25) is 0 Å². The Morgan fingerprint density at radius 3 is 1.82 bits per heavy atom. The van der Waals surface area contributed by atoms with Gasteiger partial charge in [0.1, 0.15) is 5.75 Å². The molecule has 0 aliphatic rings. The van der Waals surface area contributed by atoms with Crippen LogP contribution in [0, 0.1) is 0 Å². The van der Waals surface area contributed by atoms with E-state index in [0.717, 1.165) is 28.2 Å². The summed E-state index contributed by atoms with van der Waals surface area (Å²) in [4.78, 5) is 0. The highest BCUT2D eigenvalue weighted by molar-refractivity contribution is 5.70. The third-order valence-corrected chi connectivity index (χ3v) is 3.94. The van der Waals surface area contributed by atoms with Crippen molar-refractivity contribution in [1.29, 1.82) is 0 Å². The lowest BCUT2D eigenvalue weighted by atomic mass is 10.1. The molecule has 0 amide bonds. The number of aromatic hydroxyl groups is 1. The number of hydrogen-bond donors (Lipinski definition) is 1. The first-order valence-corrected chi connectivity index (χ1v) is 9.20. The number of benzene rings is 3. The quantitative estimate of drug-likeness (QED) is 0.569. The highest BCUT2D eigenvalue weighted by Crippen LogP contribution is 2.29. The minimum Gasteiger partial charge on any atom is -0.852 e. The Morgan fingerprint density at radius 1 is 0.786 bits per heavy atom. The monoisotopic (exact) mass is 371 g/mol. The highest BCUT2D eigenvalue weighted by atomic mass is 16.3. The van der Waals surface area contributed by atoms with Crippen molar-refractivity contribution in [1.82, 2.24) is 9.78 Å². The number of phenolic OH excluding ortho intramolecular Hbond substituents is 1. The molecule has 0 radical (unpaired) electrons. The van der Waals surface area contributed by atoms with E-state index < -0.39 is 6.10 Å². The third kappa shape index (κ3) is 4.87. The third-order valence-electron chi connectivity index (χ3n) is 3.94. The molecule has 0 aliphatic heterocycles. The predicted octanol–water partition coefficient (Wildman–Crippen LogP) is 4.67. The zero-order valence-electron chi connectivity index (χ0n) is 16.0. The molecule has 0 atom stereocenters. The predicted molar refractivity (Wildman–Crippen MR) is 111 cm³/mol. The molecule has 1 N–H and O–H groups in total. The van der Waals surface area contributed by atoms with Crippen LogP contribution in [0.25, 0.3) is 28.2 Å². The number of nitrogens with zero attached hydrogens (tertiary/aromatic N) is 2. The van der Waals surface area contributed by atoms with Gasteiger partial charge in [-0.3, -0.25) is 0 Å². The van der Waals surface area contributed by atoms with Crippen molar-refractivity contribution in [3.05, 3.63) is 91.0 Å². The van der Waals surface area contributed by atoms with Gasteiger partial charge < -0.3 is 10.2 Å². The van der Waals surface area contributed by atoms with E-state index in [1.807, 2.05) is 53.2 Å². The molecule has 0 saturated heterocycles. The molecule has 4 heteroatoms. The molecule has 0 bridgehead atoms. The summed E-state index contributed by atoms with van der Waals surface area (Å²) >= 11 is 0. The maximum absolute atomic E-state index is 9.54. The van der Waals surface area contributed by atoms with Crippen LogP contribution in [0.15, 0.2) is 91.0 Å². The van der Waals surface area contributed by atoms with Crippen LogP contribution in [0.2, 0.25) is 0 Å². The molecule has 0 unspecified atom stereocenters. The summed E-state index contributed by atoms with van der Waals surface area (Å²) in [6, 6.07) is 29.5. The summed E-state index contributed by atoms with van der Waals surface area (Å²) in [6.07, 6.45) is -0.417. The van der Waals surface area contributed by atoms with Gasteiger partial charge in [0.15, 0.2) is 0 Å². The van der Waals surface area contributed by atoms with Crippen molar-refractivity contribution in [3.63, 3.8) is 0 Å². The molecule has 3 aromatic carbocycles. The van der Waals surface area contributed by atoms with E-state index in [1.54, 1.807) is 26.0 Å². The van der Waals surface area contributed by atoms with Crippen molar-refractivity contribution >= 4 is 0 Å². The minimum absolute atomic E-state index is 0.246. The molecule has 4 nitrogen and oxygen atoms in total. The van der Waals surface area contributed by atoms with Crippen molar-refractivity contribution in [2.45, 2.75) is 20.0 Å². The number of phenols is 1. The first kappa shape index (κ1) is 19.4. The molecule has 142 valence electrons. The van der Waals surface area contributed by atoms with Gasteiger partial charge in [-0.05, 0) is 30.3 Å². The second-order valence-corrected chi connectivity index (χ2v) is 6.62. The van der Waals surface area contributed by atoms with Gasteiger partial charge in [0, 0.05) is 11.1 Å². The SMILES string of the molecule is CC(C)[O-].Oc1ccc(-n2nc(-c3ccccc3)cc2-c2ccccc2)cc1. The van der Waals surface area contributed by atoms with Crippen molar-refractivity contribution < 1.29 is 10.2 Å². The molecule has 1 heterocycles. The van der Waals surface area contributed by atoms with Gasteiger partial charge in [-0.25, -0.2) is 4.68 Å². The Bertz CT molecular complexity index is 989. The summed E-state index contributed by atoms with van der Waals surface area (Å²) in [7, 11) is 0. The van der Waals surface area contributed by atoms with Gasteiger partial charge >= 0.3 is 0 Å². The number of hydrogen-bond acceptors (Lipinski definition) is 3. The zero-order chi connectivity index (χ0) is 19.9. The molecule has 0 fully saturated rings. The maximum Gasteiger partial charge on any atom is 0.115 e. The van der Waals surface area contributed by atoms with Crippen molar-refractivity contribution in [3.8, 4) is 34.0 Å². The lowest BCUT2D eigenvalue weighted by molar-refractivity contribution is -0.407. The Hall–Kier alpha value is -3.37. The van der Waals surface area contributed by atoms with Gasteiger partial charge in [-0.15, -0.1) is 6.10 Å². The lowest BCUT2D eigenvalue weighted by Crippen LogP contribution is -2.14. The van der Waals surface area contributed by atoms with Crippen LogP contribution >= 0.6 is 0 Å². The normalized spacial score (nSPS) is 10.4. The van der Waals surface area contributed by atoms with Gasteiger partial charge in [-0.1, -0.05) is 74.5 Å². The van der Waals surface area contributed by atoms with E-state index in [1.165, 1.54) is 0 Å². The summed E-state index contributed by atoms with van der Waals surface area (Å²) in [6.45, 7) is 3.22. The highest BCUT2D eigenvalue weighted by Gasteiger charge is 2.12. The molecular formula is C24H23N2O2-. The molecule has 0 saturated carbocycles. The summed E-state index contributed by atoms with van der Waals surface area (Å²) in [5, 5.41) is 23.9. The lowest BCUT2D eigenvalue weighted by Gasteiger charge is -2.07. The number of rotatable bonds is 3. The largest absolute Gasteiger partial charge is 0.852 e. The Morgan fingerprint density at radius 2 is 1.29 bits per heavy atom. The fraction of sp³-hybridized carbons (Fsp3) is 0.125. The molecule has 4 rings (SSSR count). The average Bonchev–Trinajstić information content (AvgIpc) is 3.15. The molecule has 1 aromatic heterocycles. The Labute approximate surface area is 165 Å². The summed E-state index contributed by atoms with van der Waals surface area (Å²) in [5.41, 5.74) is 5.02. The van der Waals surface area contributed by atoms with E-state index in [-0.39, 0.29) is 5.75 Å². The second-order valence-electron chi connectivity index (χ2n) is 6.62. The van der Waals surface area contributed by atoms with Gasteiger partial charge in [0.25, 0.3) is 0 Å². The number of aromatic nitrogens is 2. The van der Waals surface area contributed by atoms with Gasteiger partial charge in [0.05, 0.1) is 17.1 Å². The first-order valence-electron chi connectivity index (χ1n) is 9.20. The first-order chi connectivity index (χ1) is 13.5. The van der Waals surface area contributed by atoms with E-state index in [2.05, 4.69) is 30.3 Å². The Kier molecular flexibility index (Phi) is 6.25. The van der Waals surface area contributed by atoms with Crippen molar-refractivity contribution in [2.75, 3.05) is 0 Å². The average molecular weight is 371 g/mol. The summed E-state index contributed by atoms with van der Waals surface area (Å²) in [5.74, 6) is 0.246. The van der Waals surface area contributed by atoms with Crippen LogP contribution in [-0.2, 0) is 0 Å². The minimum atomic E-state index is -0.417. The van der Waals surface area contributed by atoms with Crippen LogP contribution in [0.1, 0.15) is 13.8 Å². The van der Waals surface area contributed by atoms with E-state index in [9.17, 15) is 10.2 Å². The van der Waals surface area contributed by atoms with E-state index in [0.29, 0.717) is 0 Å². The topological polar surface area (TPSA) is 61.1 Å². The van der Waals surface area contributed by atoms with Crippen LogP contribution in [0.5, 0.6) is 5.75 Å². The fourth-order valence-electron chi connectivity index (χ4n) is 2.74.